The van der Waals surface area contributed by atoms with Gasteiger partial charge in [-0.1, -0.05) is 55.5 Å². The van der Waals surface area contributed by atoms with Gasteiger partial charge in [-0.25, -0.2) is 0 Å². The van der Waals surface area contributed by atoms with Crippen LogP contribution in [0.25, 0.3) is 0 Å². The lowest BCUT2D eigenvalue weighted by molar-refractivity contribution is -0.147. The Kier molecular flexibility index (Phi) is 4.18. The van der Waals surface area contributed by atoms with Crippen molar-refractivity contribution in [1.82, 2.24) is 0 Å². The Morgan fingerprint density at radius 3 is 2.37 bits per heavy atom. The average molecular weight is 255 g/mol. The molecule has 0 saturated carbocycles. The summed E-state index contributed by atoms with van der Waals surface area (Å²) in [6, 6.07) is 17.1. The third-order valence-corrected chi connectivity index (χ3v) is 2.92. The minimum atomic E-state index is -0.449. The lowest BCUT2D eigenvalue weighted by atomic mass is 10.00. The van der Waals surface area contributed by atoms with E-state index < -0.39 is 6.10 Å². The first-order chi connectivity index (χ1) is 9.22. The van der Waals surface area contributed by atoms with Crippen LogP contribution in [0.2, 0.25) is 0 Å². The number of nitrogen functional groups attached to an aromatic ring is 1. The zero-order valence-electron chi connectivity index (χ0n) is 10.9. The molecule has 0 radical (unpaired) electrons. The number of rotatable bonds is 4. The summed E-state index contributed by atoms with van der Waals surface area (Å²) >= 11 is 0. The summed E-state index contributed by atoms with van der Waals surface area (Å²) in [4.78, 5) is 11.6. The van der Waals surface area contributed by atoms with E-state index in [2.05, 4.69) is 0 Å². The highest BCUT2D eigenvalue weighted by Gasteiger charge is 2.19. The van der Waals surface area contributed by atoms with Gasteiger partial charge in [-0.15, -0.1) is 0 Å². The van der Waals surface area contributed by atoms with Gasteiger partial charge < -0.3 is 10.5 Å². The van der Waals surface area contributed by atoms with Crippen LogP contribution in [0.3, 0.4) is 0 Å². The fraction of sp³-hybridized carbons (Fsp3) is 0.188. The van der Waals surface area contributed by atoms with Gasteiger partial charge in [0.25, 0.3) is 0 Å². The van der Waals surface area contributed by atoms with Gasteiger partial charge in [0.05, 0.1) is 0 Å². The highest BCUT2D eigenvalue weighted by Crippen LogP contribution is 2.30. The minimum Gasteiger partial charge on any atom is -0.452 e. The van der Waals surface area contributed by atoms with E-state index in [0.29, 0.717) is 12.1 Å². The lowest BCUT2D eigenvalue weighted by Gasteiger charge is -2.20. The van der Waals surface area contributed by atoms with Gasteiger partial charge in [0.1, 0.15) is 0 Å². The van der Waals surface area contributed by atoms with Gasteiger partial charge in [0.15, 0.2) is 6.10 Å². The Balaban J connectivity index is 2.40. The van der Waals surface area contributed by atoms with Crippen molar-refractivity contribution in [3.8, 4) is 0 Å². The molecule has 19 heavy (non-hydrogen) atoms. The molecule has 98 valence electrons. The van der Waals surface area contributed by atoms with E-state index in [1.165, 1.54) is 0 Å². The molecular weight excluding hydrogens is 238 g/mol. The topological polar surface area (TPSA) is 52.3 Å². The van der Waals surface area contributed by atoms with Crippen molar-refractivity contribution < 1.29 is 9.53 Å². The molecule has 3 heteroatoms. The molecule has 0 aliphatic carbocycles. The Morgan fingerprint density at radius 2 is 1.74 bits per heavy atom. The molecular formula is C16H17NO2. The molecule has 0 aliphatic rings. The molecule has 1 atom stereocenters. The standard InChI is InChI=1S/C16H17NO2/c1-2-15(18)19-16(12-8-4-3-5-9-12)13-10-6-7-11-14(13)17/h3-11,16H,2,17H2,1H3. The molecule has 0 heterocycles. The molecule has 0 amide bonds. The molecule has 0 saturated heterocycles. The molecule has 0 fully saturated rings. The first-order valence-corrected chi connectivity index (χ1v) is 6.31. The fourth-order valence-corrected chi connectivity index (χ4v) is 1.90. The number of carbonyl (C=O) groups excluding carboxylic acids is 1. The Bertz CT molecular complexity index is 552. The molecule has 0 aromatic heterocycles. The third kappa shape index (κ3) is 3.13. The smallest absolute Gasteiger partial charge is 0.306 e. The lowest BCUT2D eigenvalue weighted by Crippen LogP contribution is -2.13. The van der Waals surface area contributed by atoms with Gasteiger partial charge >= 0.3 is 5.97 Å². The number of benzene rings is 2. The van der Waals surface area contributed by atoms with E-state index in [0.717, 1.165) is 11.1 Å². The molecule has 0 spiro atoms. The number of esters is 1. The number of nitrogens with two attached hydrogens (primary N) is 1. The zero-order chi connectivity index (χ0) is 13.7. The predicted octanol–water partition coefficient (Wildman–Crippen LogP) is 3.31. The average Bonchev–Trinajstić information content (AvgIpc) is 2.46. The largest absolute Gasteiger partial charge is 0.452 e. The van der Waals surface area contributed by atoms with Crippen LogP contribution in [0, 0.1) is 0 Å². The SMILES string of the molecule is CCC(=O)OC(c1ccccc1)c1ccccc1N. The molecule has 1 unspecified atom stereocenters. The third-order valence-electron chi connectivity index (χ3n) is 2.92. The first-order valence-electron chi connectivity index (χ1n) is 6.31. The van der Waals surface area contributed by atoms with Crippen molar-refractivity contribution in [3.63, 3.8) is 0 Å². The summed E-state index contributed by atoms with van der Waals surface area (Å²) in [6.07, 6.45) is -0.106. The minimum absolute atomic E-state index is 0.239. The van der Waals surface area contributed by atoms with Crippen LogP contribution in [0.5, 0.6) is 0 Å². The zero-order valence-corrected chi connectivity index (χ0v) is 10.9. The maximum atomic E-state index is 11.6. The van der Waals surface area contributed by atoms with Crippen LogP contribution in [0.1, 0.15) is 30.6 Å². The number of ether oxygens (including phenoxy) is 1. The molecule has 2 aromatic carbocycles. The monoisotopic (exact) mass is 255 g/mol. The van der Waals surface area contributed by atoms with Crippen LogP contribution >= 0.6 is 0 Å². The van der Waals surface area contributed by atoms with E-state index in [1.54, 1.807) is 6.92 Å². The van der Waals surface area contributed by atoms with E-state index in [9.17, 15) is 4.79 Å². The summed E-state index contributed by atoms with van der Waals surface area (Å²) in [7, 11) is 0. The van der Waals surface area contributed by atoms with Gasteiger partial charge in [0.2, 0.25) is 0 Å². The van der Waals surface area contributed by atoms with Crippen LogP contribution in [0.15, 0.2) is 54.6 Å². The highest BCUT2D eigenvalue weighted by molar-refractivity contribution is 5.70. The van der Waals surface area contributed by atoms with Crippen LogP contribution in [-0.2, 0) is 9.53 Å². The van der Waals surface area contributed by atoms with Gasteiger partial charge in [-0.05, 0) is 11.6 Å². The second kappa shape index (κ2) is 6.05. The van der Waals surface area contributed by atoms with Crippen molar-refractivity contribution in [2.75, 3.05) is 5.73 Å². The van der Waals surface area contributed by atoms with Crippen LogP contribution < -0.4 is 5.73 Å². The van der Waals surface area contributed by atoms with E-state index >= 15 is 0 Å². The quantitative estimate of drug-likeness (QED) is 0.673. The Hall–Kier alpha value is -2.29. The molecule has 2 aromatic rings. The van der Waals surface area contributed by atoms with Crippen molar-refractivity contribution in [3.05, 3.63) is 65.7 Å². The number of para-hydroxylation sites is 1. The summed E-state index contributed by atoms with van der Waals surface area (Å²) in [5.74, 6) is -0.239. The predicted molar refractivity (Wildman–Crippen MR) is 75.5 cm³/mol. The van der Waals surface area contributed by atoms with Crippen LogP contribution in [0.4, 0.5) is 5.69 Å². The number of hydrogen-bond acceptors (Lipinski definition) is 3. The Labute approximate surface area is 113 Å². The van der Waals surface area contributed by atoms with Gasteiger partial charge in [-0.2, -0.15) is 0 Å². The summed E-state index contributed by atoms with van der Waals surface area (Å²) in [5, 5.41) is 0. The molecule has 3 nitrogen and oxygen atoms in total. The fourth-order valence-electron chi connectivity index (χ4n) is 1.90. The van der Waals surface area contributed by atoms with Crippen molar-refractivity contribution in [1.29, 1.82) is 0 Å². The van der Waals surface area contributed by atoms with Crippen molar-refractivity contribution in [2.45, 2.75) is 19.4 Å². The normalized spacial score (nSPS) is 11.8. The second-order valence-electron chi connectivity index (χ2n) is 4.26. The number of anilines is 1. The number of carbonyl (C=O) groups is 1. The molecule has 0 bridgehead atoms. The van der Waals surface area contributed by atoms with Gasteiger partial charge in [-0.3, -0.25) is 4.79 Å². The first kappa shape index (κ1) is 13.1. The number of hydrogen-bond donors (Lipinski definition) is 1. The van der Waals surface area contributed by atoms with E-state index in [1.807, 2.05) is 54.6 Å². The van der Waals surface area contributed by atoms with Crippen LogP contribution in [-0.4, -0.2) is 5.97 Å². The molecule has 0 aliphatic heterocycles. The van der Waals surface area contributed by atoms with E-state index in [4.69, 9.17) is 10.5 Å². The molecule has 2 N–H and O–H groups in total. The molecule has 2 rings (SSSR count). The highest BCUT2D eigenvalue weighted by atomic mass is 16.5. The second-order valence-corrected chi connectivity index (χ2v) is 4.26. The van der Waals surface area contributed by atoms with Crippen molar-refractivity contribution in [2.24, 2.45) is 0 Å². The maximum absolute atomic E-state index is 11.6. The maximum Gasteiger partial charge on any atom is 0.306 e. The van der Waals surface area contributed by atoms with E-state index in [-0.39, 0.29) is 5.97 Å². The summed E-state index contributed by atoms with van der Waals surface area (Å²) in [5.41, 5.74) is 8.34. The Morgan fingerprint density at radius 1 is 1.11 bits per heavy atom. The summed E-state index contributed by atoms with van der Waals surface area (Å²) in [6.45, 7) is 1.78. The van der Waals surface area contributed by atoms with Gasteiger partial charge in [0, 0.05) is 17.7 Å². The van der Waals surface area contributed by atoms with Crippen molar-refractivity contribution >= 4 is 11.7 Å². The summed E-state index contributed by atoms with van der Waals surface area (Å²) < 4.78 is 5.53.